The highest BCUT2D eigenvalue weighted by Crippen LogP contribution is 2.16. The van der Waals surface area contributed by atoms with E-state index in [1.54, 1.807) is 0 Å². The molecule has 4 nitrogen and oxygen atoms in total. The van der Waals surface area contributed by atoms with Crippen molar-refractivity contribution < 1.29 is 4.74 Å². The molecule has 2 aliphatic heterocycles. The maximum Gasteiger partial charge on any atom is 0.158 e. The summed E-state index contributed by atoms with van der Waals surface area (Å²) in [7, 11) is 0. The minimum Gasteiger partial charge on any atom is -0.379 e. The van der Waals surface area contributed by atoms with Crippen LogP contribution in [0.3, 0.4) is 0 Å². The average molecular weight is 211 g/mol. The Hall–Kier alpha value is -0.450. The summed E-state index contributed by atoms with van der Waals surface area (Å²) in [6, 6.07) is 0. The summed E-state index contributed by atoms with van der Waals surface area (Å²) in [5.41, 5.74) is 0. The van der Waals surface area contributed by atoms with E-state index in [4.69, 9.17) is 4.74 Å². The van der Waals surface area contributed by atoms with Gasteiger partial charge in [-0.3, -0.25) is 14.8 Å². The van der Waals surface area contributed by atoms with E-state index in [-0.39, 0.29) is 6.29 Å². The maximum absolute atomic E-state index is 5.38. The van der Waals surface area contributed by atoms with Gasteiger partial charge in [0.25, 0.3) is 0 Å². The molecular formula is C11H21N3O. The van der Waals surface area contributed by atoms with Gasteiger partial charge in [-0.1, -0.05) is 0 Å². The fourth-order valence-corrected chi connectivity index (χ4v) is 2.33. The Labute approximate surface area is 91.9 Å². The van der Waals surface area contributed by atoms with Crippen molar-refractivity contribution in [3.8, 4) is 0 Å². The van der Waals surface area contributed by atoms with Crippen molar-refractivity contribution in [2.24, 2.45) is 4.99 Å². The summed E-state index contributed by atoms with van der Waals surface area (Å²) in [6.07, 6.45) is 4.83. The molecule has 1 atom stereocenters. The Balaban J connectivity index is 1.97. The predicted molar refractivity (Wildman–Crippen MR) is 61.2 cm³/mol. The van der Waals surface area contributed by atoms with Crippen LogP contribution >= 0.6 is 0 Å². The number of hydrogen-bond donors (Lipinski definition) is 0. The van der Waals surface area contributed by atoms with Crippen molar-refractivity contribution in [2.45, 2.75) is 26.1 Å². The van der Waals surface area contributed by atoms with Crippen LogP contribution in [0.5, 0.6) is 0 Å². The normalized spacial score (nSPS) is 27.5. The Morgan fingerprint density at radius 1 is 1.07 bits per heavy atom. The van der Waals surface area contributed by atoms with Crippen LogP contribution in [-0.4, -0.2) is 61.7 Å². The molecule has 0 amide bonds. The number of morpholine rings is 1. The fourth-order valence-electron chi connectivity index (χ4n) is 2.33. The molecule has 0 radical (unpaired) electrons. The summed E-state index contributed by atoms with van der Waals surface area (Å²) < 4.78 is 5.38. The number of hydrogen-bond acceptors (Lipinski definition) is 4. The third kappa shape index (κ3) is 2.77. The molecule has 2 aliphatic rings. The van der Waals surface area contributed by atoms with Crippen LogP contribution in [-0.2, 0) is 4.74 Å². The van der Waals surface area contributed by atoms with Crippen molar-refractivity contribution in [3.63, 3.8) is 0 Å². The van der Waals surface area contributed by atoms with Crippen molar-refractivity contribution in [1.82, 2.24) is 9.80 Å². The zero-order valence-corrected chi connectivity index (χ0v) is 9.56. The van der Waals surface area contributed by atoms with E-state index in [0.717, 1.165) is 26.3 Å². The van der Waals surface area contributed by atoms with Crippen LogP contribution < -0.4 is 0 Å². The van der Waals surface area contributed by atoms with Gasteiger partial charge in [0.1, 0.15) is 0 Å². The van der Waals surface area contributed by atoms with Gasteiger partial charge in [-0.05, 0) is 26.0 Å². The van der Waals surface area contributed by atoms with Gasteiger partial charge in [0.15, 0.2) is 6.29 Å². The van der Waals surface area contributed by atoms with Crippen LogP contribution in [0.4, 0.5) is 0 Å². The molecule has 2 heterocycles. The molecule has 0 aliphatic carbocycles. The van der Waals surface area contributed by atoms with Crippen molar-refractivity contribution >= 4 is 6.21 Å². The Kier molecular flexibility index (Phi) is 4.11. The van der Waals surface area contributed by atoms with Crippen LogP contribution in [0.1, 0.15) is 19.8 Å². The van der Waals surface area contributed by atoms with Crippen LogP contribution in [0.25, 0.3) is 0 Å². The van der Waals surface area contributed by atoms with Gasteiger partial charge in [0, 0.05) is 26.2 Å². The molecule has 0 aromatic heterocycles. The van der Waals surface area contributed by atoms with Crippen LogP contribution in [0.15, 0.2) is 4.99 Å². The number of rotatable bonds is 3. The van der Waals surface area contributed by atoms with Gasteiger partial charge in [0.2, 0.25) is 0 Å². The Bertz CT molecular complexity index is 208. The summed E-state index contributed by atoms with van der Waals surface area (Å²) in [6.45, 7) is 8.12. The van der Waals surface area contributed by atoms with E-state index >= 15 is 0 Å². The lowest BCUT2D eigenvalue weighted by atomic mass is 10.4. The van der Waals surface area contributed by atoms with Crippen molar-refractivity contribution in [2.75, 3.05) is 39.4 Å². The molecule has 2 saturated heterocycles. The first-order valence-electron chi connectivity index (χ1n) is 5.95. The van der Waals surface area contributed by atoms with E-state index in [9.17, 15) is 0 Å². The maximum atomic E-state index is 5.38. The first-order chi connectivity index (χ1) is 7.42. The molecule has 0 saturated carbocycles. The highest BCUT2D eigenvalue weighted by Gasteiger charge is 2.27. The third-order valence-corrected chi connectivity index (χ3v) is 3.12. The lowest BCUT2D eigenvalue weighted by Gasteiger charge is -2.36. The quantitative estimate of drug-likeness (QED) is 0.646. The highest BCUT2D eigenvalue weighted by molar-refractivity contribution is 5.53. The van der Waals surface area contributed by atoms with E-state index in [1.165, 1.54) is 25.9 Å². The zero-order chi connectivity index (χ0) is 10.5. The second-order valence-corrected chi connectivity index (χ2v) is 4.15. The third-order valence-electron chi connectivity index (χ3n) is 3.12. The second kappa shape index (κ2) is 5.58. The summed E-state index contributed by atoms with van der Waals surface area (Å²) in [5, 5.41) is 0. The van der Waals surface area contributed by atoms with Gasteiger partial charge in [0.05, 0.1) is 13.2 Å². The molecule has 4 heteroatoms. The fraction of sp³-hybridized carbons (Fsp3) is 0.909. The Morgan fingerprint density at radius 3 is 2.27 bits per heavy atom. The molecule has 2 fully saturated rings. The molecule has 0 aromatic rings. The molecule has 1 unspecified atom stereocenters. The van der Waals surface area contributed by atoms with Gasteiger partial charge in [-0.15, -0.1) is 0 Å². The number of aliphatic imine (C=N–C) groups is 1. The predicted octanol–water partition coefficient (Wildman–Crippen LogP) is 0.789. The summed E-state index contributed by atoms with van der Waals surface area (Å²) >= 11 is 0. The molecule has 0 aromatic carbocycles. The smallest absolute Gasteiger partial charge is 0.158 e. The summed E-state index contributed by atoms with van der Waals surface area (Å²) in [5.74, 6) is 0. The lowest BCUT2D eigenvalue weighted by Crippen LogP contribution is -2.50. The molecule has 0 spiro atoms. The standard InChI is InChI=1S/C11H21N3O/c1-2-12-11(13-5-3-4-6-13)14-7-9-15-10-8-14/h2,11H,3-10H2,1H3/b12-2+. The molecule has 0 N–H and O–H groups in total. The second-order valence-electron chi connectivity index (χ2n) is 4.15. The minimum atomic E-state index is 0.265. The molecule has 86 valence electrons. The average Bonchev–Trinajstić information content (AvgIpc) is 2.80. The van der Waals surface area contributed by atoms with Crippen LogP contribution in [0.2, 0.25) is 0 Å². The minimum absolute atomic E-state index is 0.265. The SMILES string of the molecule is C/C=N/C(N1CCCC1)N1CCOCC1. The van der Waals surface area contributed by atoms with Crippen molar-refractivity contribution in [1.29, 1.82) is 0 Å². The van der Waals surface area contributed by atoms with Gasteiger partial charge in [-0.2, -0.15) is 0 Å². The molecule has 15 heavy (non-hydrogen) atoms. The largest absolute Gasteiger partial charge is 0.379 e. The van der Waals surface area contributed by atoms with E-state index < -0.39 is 0 Å². The number of likely N-dealkylation sites (tertiary alicyclic amines) is 1. The lowest BCUT2D eigenvalue weighted by molar-refractivity contribution is -0.0232. The van der Waals surface area contributed by atoms with Gasteiger partial charge >= 0.3 is 0 Å². The van der Waals surface area contributed by atoms with Gasteiger partial charge in [-0.25, -0.2) is 0 Å². The highest BCUT2D eigenvalue weighted by atomic mass is 16.5. The first kappa shape index (κ1) is 11.0. The van der Waals surface area contributed by atoms with Crippen molar-refractivity contribution in [3.05, 3.63) is 0 Å². The number of nitrogens with zero attached hydrogens (tertiary/aromatic N) is 3. The summed E-state index contributed by atoms with van der Waals surface area (Å²) in [4.78, 5) is 9.50. The monoisotopic (exact) mass is 211 g/mol. The van der Waals surface area contributed by atoms with E-state index in [1.807, 2.05) is 13.1 Å². The molecular weight excluding hydrogens is 190 g/mol. The molecule has 2 rings (SSSR count). The molecule has 0 bridgehead atoms. The zero-order valence-electron chi connectivity index (χ0n) is 9.56. The number of ether oxygens (including phenoxy) is 1. The van der Waals surface area contributed by atoms with Crippen LogP contribution in [0, 0.1) is 0 Å². The van der Waals surface area contributed by atoms with E-state index in [2.05, 4.69) is 14.8 Å². The van der Waals surface area contributed by atoms with E-state index in [0.29, 0.717) is 0 Å². The van der Waals surface area contributed by atoms with Gasteiger partial charge < -0.3 is 4.74 Å². The first-order valence-corrected chi connectivity index (χ1v) is 5.95. The Morgan fingerprint density at radius 2 is 1.67 bits per heavy atom. The topological polar surface area (TPSA) is 28.1 Å².